The molecule has 7 nitrogen and oxygen atoms in total. The zero-order valence-electron chi connectivity index (χ0n) is 17.4. The van der Waals surface area contributed by atoms with Gasteiger partial charge < -0.3 is 15.4 Å². The number of amides is 2. The molecule has 1 heterocycles. The number of carbonyl (C=O) groups is 2. The van der Waals surface area contributed by atoms with Crippen LogP contribution in [0.1, 0.15) is 39.0 Å². The molecular weight excluding hydrogens is 368 g/mol. The van der Waals surface area contributed by atoms with Gasteiger partial charge in [0.15, 0.2) is 5.96 Å². The standard InChI is InChI=1S/C22H34N4O3/c1-2-23-22(25-10-4-12-29-14-15-5-6-15)24-9-3-11-26-20(27)18-16-7-8-17(13-16)19(18)21(26)28/h7-8,15-19H,2-6,9-14H2,1H3,(H2,23,24,25). The van der Waals surface area contributed by atoms with E-state index in [0.29, 0.717) is 19.5 Å². The van der Waals surface area contributed by atoms with E-state index in [-0.39, 0.29) is 35.5 Å². The highest BCUT2D eigenvalue weighted by Gasteiger charge is 2.58. The Morgan fingerprint density at radius 2 is 1.86 bits per heavy atom. The Labute approximate surface area is 173 Å². The van der Waals surface area contributed by atoms with Gasteiger partial charge in [-0.05, 0) is 56.8 Å². The van der Waals surface area contributed by atoms with Crippen LogP contribution in [0.3, 0.4) is 0 Å². The first-order valence-corrected chi connectivity index (χ1v) is 11.3. The lowest BCUT2D eigenvalue weighted by atomic mass is 9.85. The van der Waals surface area contributed by atoms with Gasteiger partial charge in [0.1, 0.15) is 0 Å². The number of allylic oxidation sites excluding steroid dienone is 2. The number of carbonyl (C=O) groups excluding carboxylic acids is 2. The third-order valence-electron chi connectivity index (χ3n) is 6.52. The van der Waals surface area contributed by atoms with Crippen LogP contribution >= 0.6 is 0 Å². The van der Waals surface area contributed by atoms with Crippen molar-refractivity contribution in [2.75, 3.05) is 39.4 Å². The Kier molecular flexibility index (Phi) is 6.53. The molecule has 1 aliphatic heterocycles. The van der Waals surface area contributed by atoms with Gasteiger partial charge in [-0.15, -0.1) is 0 Å². The van der Waals surface area contributed by atoms with Crippen molar-refractivity contribution in [2.45, 2.75) is 39.0 Å². The summed E-state index contributed by atoms with van der Waals surface area (Å²) in [6.45, 7) is 6.40. The van der Waals surface area contributed by atoms with E-state index in [2.05, 4.69) is 27.8 Å². The number of ether oxygens (including phenoxy) is 1. The molecule has 4 unspecified atom stereocenters. The second-order valence-electron chi connectivity index (χ2n) is 8.74. The van der Waals surface area contributed by atoms with Crippen LogP contribution in [-0.4, -0.2) is 62.1 Å². The van der Waals surface area contributed by atoms with E-state index in [1.54, 1.807) is 0 Å². The number of hydrogen-bond donors (Lipinski definition) is 2. The summed E-state index contributed by atoms with van der Waals surface area (Å²) in [5.74, 6) is 2.04. The number of hydrogen-bond acceptors (Lipinski definition) is 4. The number of nitrogens with one attached hydrogen (secondary N) is 2. The van der Waals surface area contributed by atoms with E-state index in [1.807, 2.05) is 6.92 Å². The first kappa shape index (κ1) is 20.4. The molecule has 7 heteroatoms. The molecule has 160 valence electrons. The Hall–Kier alpha value is -1.89. The molecule has 0 spiro atoms. The summed E-state index contributed by atoms with van der Waals surface area (Å²) in [5.41, 5.74) is 0. The average molecular weight is 403 g/mol. The maximum Gasteiger partial charge on any atom is 0.233 e. The van der Waals surface area contributed by atoms with E-state index in [1.165, 1.54) is 17.7 Å². The normalized spacial score (nSPS) is 30.4. The number of rotatable bonds is 11. The molecule has 0 aromatic carbocycles. The van der Waals surface area contributed by atoms with Gasteiger partial charge in [-0.25, -0.2) is 0 Å². The van der Waals surface area contributed by atoms with Crippen molar-refractivity contribution in [3.8, 4) is 0 Å². The summed E-state index contributed by atoms with van der Waals surface area (Å²) in [4.78, 5) is 31.5. The summed E-state index contributed by atoms with van der Waals surface area (Å²) in [6, 6.07) is 0. The van der Waals surface area contributed by atoms with Gasteiger partial charge in [-0.2, -0.15) is 0 Å². The fourth-order valence-corrected chi connectivity index (χ4v) is 4.86. The van der Waals surface area contributed by atoms with Gasteiger partial charge in [0.05, 0.1) is 11.8 Å². The Morgan fingerprint density at radius 1 is 1.14 bits per heavy atom. The lowest BCUT2D eigenvalue weighted by Gasteiger charge is -2.17. The minimum Gasteiger partial charge on any atom is -0.381 e. The first-order chi connectivity index (χ1) is 14.2. The zero-order valence-corrected chi connectivity index (χ0v) is 17.4. The van der Waals surface area contributed by atoms with Crippen LogP contribution in [0.25, 0.3) is 0 Å². The summed E-state index contributed by atoms with van der Waals surface area (Å²) in [6.07, 6.45) is 9.54. The van der Waals surface area contributed by atoms with Gasteiger partial charge in [0, 0.05) is 39.4 Å². The lowest BCUT2D eigenvalue weighted by Crippen LogP contribution is -2.38. The number of aliphatic imine (C=N–C) groups is 1. The van der Waals surface area contributed by atoms with Crippen LogP contribution in [0.5, 0.6) is 0 Å². The van der Waals surface area contributed by atoms with Crippen molar-refractivity contribution in [3.05, 3.63) is 12.2 Å². The van der Waals surface area contributed by atoms with Crippen LogP contribution in [-0.2, 0) is 14.3 Å². The number of guanidine groups is 1. The van der Waals surface area contributed by atoms with Crippen molar-refractivity contribution in [1.82, 2.24) is 15.5 Å². The van der Waals surface area contributed by atoms with Gasteiger partial charge >= 0.3 is 0 Å². The summed E-state index contributed by atoms with van der Waals surface area (Å²) < 4.78 is 5.65. The second-order valence-corrected chi connectivity index (χ2v) is 8.74. The molecule has 1 saturated heterocycles. The van der Waals surface area contributed by atoms with E-state index < -0.39 is 0 Å². The predicted octanol–water partition coefficient (Wildman–Crippen LogP) is 1.56. The number of fused-ring (bicyclic) bond motifs is 5. The lowest BCUT2D eigenvalue weighted by molar-refractivity contribution is -0.140. The van der Waals surface area contributed by atoms with Crippen LogP contribution in [0.2, 0.25) is 0 Å². The summed E-state index contributed by atoms with van der Waals surface area (Å²) in [5, 5.41) is 6.57. The highest BCUT2D eigenvalue weighted by atomic mass is 16.5. The van der Waals surface area contributed by atoms with E-state index in [4.69, 9.17) is 4.74 Å². The fraction of sp³-hybridized carbons (Fsp3) is 0.773. The molecule has 2 amide bonds. The molecule has 3 fully saturated rings. The van der Waals surface area contributed by atoms with Crippen LogP contribution < -0.4 is 10.6 Å². The van der Waals surface area contributed by atoms with Crippen LogP contribution in [0, 0.1) is 29.6 Å². The molecule has 4 atom stereocenters. The monoisotopic (exact) mass is 402 g/mol. The van der Waals surface area contributed by atoms with E-state index >= 15 is 0 Å². The third kappa shape index (κ3) is 4.65. The average Bonchev–Trinajstić information content (AvgIpc) is 3.21. The van der Waals surface area contributed by atoms with E-state index in [9.17, 15) is 9.59 Å². The summed E-state index contributed by atoms with van der Waals surface area (Å²) in [7, 11) is 0. The Bertz CT molecular complexity index is 643. The zero-order chi connectivity index (χ0) is 20.2. The van der Waals surface area contributed by atoms with Crippen molar-refractivity contribution in [3.63, 3.8) is 0 Å². The molecule has 0 aromatic rings. The minimum atomic E-state index is -0.0953. The number of imide groups is 1. The molecule has 0 radical (unpaired) electrons. The van der Waals surface area contributed by atoms with Crippen molar-refractivity contribution in [2.24, 2.45) is 34.6 Å². The second kappa shape index (κ2) is 9.28. The molecule has 2 N–H and O–H groups in total. The molecular formula is C22H34N4O3. The molecule has 3 aliphatic carbocycles. The molecule has 2 saturated carbocycles. The SMILES string of the molecule is CCNC(=NCCCN1C(=O)C2C3C=CC(C3)C2C1=O)NCCCOCC1CC1. The van der Waals surface area contributed by atoms with Gasteiger partial charge in [0.2, 0.25) is 11.8 Å². The summed E-state index contributed by atoms with van der Waals surface area (Å²) >= 11 is 0. The first-order valence-electron chi connectivity index (χ1n) is 11.3. The highest BCUT2D eigenvalue weighted by molar-refractivity contribution is 6.06. The van der Waals surface area contributed by atoms with Gasteiger partial charge in [0.25, 0.3) is 0 Å². The van der Waals surface area contributed by atoms with Crippen molar-refractivity contribution in [1.29, 1.82) is 0 Å². The fourth-order valence-electron chi connectivity index (χ4n) is 4.86. The predicted molar refractivity (Wildman–Crippen MR) is 111 cm³/mol. The Balaban J connectivity index is 1.16. The van der Waals surface area contributed by atoms with E-state index in [0.717, 1.165) is 51.0 Å². The van der Waals surface area contributed by atoms with Crippen molar-refractivity contribution >= 4 is 17.8 Å². The topological polar surface area (TPSA) is 83.0 Å². The molecule has 0 aromatic heterocycles. The van der Waals surface area contributed by atoms with Crippen LogP contribution in [0.15, 0.2) is 17.1 Å². The van der Waals surface area contributed by atoms with Gasteiger partial charge in [-0.3, -0.25) is 19.5 Å². The molecule has 4 aliphatic rings. The Morgan fingerprint density at radius 3 is 2.52 bits per heavy atom. The van der Waals surface area contributed by atoms with Crippen molar-refractivity contribution < 1.29 is 14.3 Å². The number of nitrogens with zero attached hydrogens (tertiary/aromatic N) is 2. The smallest absolute Gasteiger partial charge is 0.233 e. The molecule has 29 heavy (non-hydrogen) atoms. The minimum absolute atomic E-state index is 0.0389. The highest BCUT2D eigenvalue weighted by Crippen LogP contribution is 2.52. The van der Waals surface area contributed by atoms with Gasteiger partial charge in [-0.1, -0.05) is 12.2 Å². The maximum absolute atomic E-state index is 12.7. The number of likely N-dealkylation sites (tertiary alicyclic amines) is 1. The quantitative estimate of drug-likeness (QED) is 0.180. The largest absolute Gasteiger partial charge is 0.381 e. The third-order valence-corrected chi connectivity index (χ3v) is 6.52. The molecule has 4 rings (SSSR count). The maximum atomic E-state index is 12.7. The molecule has 2 bridgehead atoms. The van der Waals surface area contributed by atoms with Crippen LogP contribution in [0.4, 0.5) is 0 Å².